The van der Waals surface area contributed by atoms with Crippen LogP contribution in [0.1, 0.15) is 33.6 Å². The van der Waals surface area contributed by atoms with Gasteiger partial charge in [-0.2, -0.15) is 0 Å². The Morgan fingerprint density at radius 1 is 1.13 bits per heavy atom. The summed E-state index contributed by atoms with van der Waals surface area (Å²) in [7, 11) is 0. The molecule has 0 heterocycles. The molecule has 0 atom stereocenters. The maximum Gasteiger partial charge on any atom is 0.221 e. The molecule has 4 heteroatoms. The summed E-state index contributed by atoms with van der Waals surface area (Å²) >= 11 is 0. The van der Waals surface area contributed by atoms with Gasteiger partial charge >= 0.3 is 0 Å². The van der Waals surface area contributed by atoms with Crippen molar-refractivity contribution in [3.05, 3.63) is 0 Å². The van der Waals surface area contributed by atoms with E-state index in [1.54, 1.807) is 0 Å². The number of hydrogen-bond acceptors (Lipinski definition) is 3. The van der Waals surface area contributed by atoms with E-state index in [0.717, 1.165) is 6.54 Å². The fourth-order valence-electron chi connectivity index (χ4n) is 1.08. The molecule has 0 aromatic heterocycles. The normalized spacial score (nSPS) is 10.4. The molecule has 4 nitrogen and oxygen atoms in total. The third-order valence-corrected chi connectivity index (χ3v) is 2.12. The van der Waals surface area contributed by atoms with Gasteiger partial charge in [0.05, 0.1) is 0 Å². The molecular weight excluding hydrogens is 192 g/mol. The van der Waals surface area contributed by atoms with E-state index in [9.17, 15) is 9.59 Å². The lowest BCUT2D eigenvalue weighted by Crippen LogP contribution is -2.29. The zero-order valence-electron chi connectivity index (χ0n) is 9.93. The summed E-state index contributed by atoms with van der Waals surface area (Å²) in [4.78, 5) is 22.4. The molecule has 0 saturated carbocycles. The molecule has 0 aromatic rings. The Morgan fingerprint density at radius 2 is 1.80 bits per heavy atom. The van der Waals surface area contributed by atoms with Gasteiger partial charge in [0.15, 0.2) is 0 Å². The summed E-state index contributed by atoms with van der Waals surface area (Å²) in [6.07, 6.45) is 0.911. The van der Waals surface area contributed by atoms with Crippen LogP contribution in [0.15, 0.2) is 0 Å². The predicted molar refractivity (Wildman–Crippen MR) is 60.6 cm³/mol. The zero-order valence-corrected chi connectivity index (χ0v) is 9.93. The first-order chi connectivity index (χ1) is 7.07. The zero-order chi connectivity index (χ0) is 11.7. The first-order valence-corrected chi connectivity index (χ1v) is 5.58. The van der Waals surface area contributed by atoms with Crippen LogP contribution in [0, 0.1) is 5.92 Å². The standard InChI is InChI=1S/C11H22N2O2/c1-4-12-7-6-11(15)13-8-5-10(14)9(2)3/h9,12H,4-8H2,1-3H3,(H,13,15). The lowest BCUT2D eigenvalue weighted by atomic mass is 10.1. The second-order valence-electron chi connectivity index (χ2n) is 3.82. The van der Waals surface area contributed by atoms with Crippen molar-refractivity contribution in [3.8, 4) is 0 Å². The quantitative estimate of drug-likeness (QED) is 0.585. The van der Waals surface area contributed by atoms with E-state index < -0.39 is 0 Å². The summed E-state index contributed by atoms with van der Waals surface area (Å²) in [5.41, 5.74) is 0. The van der Waals surface area contributed by atoms with Gasteiger partial charge in [0, 0.05) is 31.8 Å². The molecule has 0 aliphatic heterocycles. The minimum atomic E-state index is 0.00695. The molecule has 0 unspecified atom stereocenters. The van der Waals surface area contributed by atoms with Gasteiger partial charge in [-0.3, -0.25) is 9.59 Å². The highest BCUT2D eigenvalue weighted by molar-refractivity contribution is 5.81. The van der Waals surface area contributed by atoms with Gasteiger partial charge in [-0.15, -0.1) is 0 Å². The fourth-order valence-corrected chi connectivity index (χ4v) is 1.08. The molecule has 88 valence electrons. The predicted octanol–water partition coefficient (Wildman–Crippen LogP) is 0.717. The van der Waals surface area contributed by atoms with Gasteiger partial charge in [0.2, 0.25) is 5.91 Å². The maximum absolute atomic E-state index is 11.2. The number of nitrogens with one attached hydrogen (secondary N) is 2. The van der Waals surface area contributed by atoms with Crippen LogP contribution >= 0.6 is 0 Å². The van der Waals surface area contributed by atoms with Gasteiger partial charge in [-0.25, -0.2) is 0 Å². The van der Waals surface area contributed by atoms with Crippen molar-refractivity contribution in [2.24, 2.45) is 5.92 Å². The Labute approximate surface area is 91.8 Å². The Hall–Kier alpha value is -0.900. The molecule has 0 rings (SSSR count). The molecular formula is C11H22N2O2. The summed E-state index contributed by atoms with van der Waals surface area (Å²) < 4.78 is 0. The van der Waals surface area contributed by atoms with Crippen molar-refractivity contribution in [2.45, 2.75) is 33.6 Å². The lowest BCUT2D eigenvalue weighted by molar-refractivity contribution is -0.122. The summed E-state index contributed by atoms with van der Waals surface area (Å²) in [6, 6.07) is 0. The van der Waals surface area contributed by atoms with Gasteiger partial charge in [-0.05, 0) is 6.54 Å². The average Bonchev–Trinajstić information content (AvgIpc) is 2.18. The van der Waals surface area contributed by atoms with Gasteiger partial charge in [0.25, 0.3) is 0 Å². The van der Waals surface area contributed by atoms with Crippen LogP contribution in [0.2, 0.25) is 0 Å². The highest BCUT2D eigenvalue weighted by atomic mass is 16.1. The minimum Gasteiger partial charge on any atom is -0.356 e. The van der Waals surface area contributed by atoms with Crippen LogP contribution < -0.4 is 10.6 Å². The van der Waals surface area contributed by atoms with Crippen molar-refractivity contribution >= 4 is 11.7 Å². The van der Waals surface area contributed by atoms with Crippen LogP contribution in [0.25, 0.3) is 0 Å². The number of carbonyl (C=O) groups excluding carboxylic acids is 2. The highest BCUT2D eigenvalue weighted by Gasteiger charge is 2.07. The van der Waals surface area contributed by atoms with E-state index in [1.807, 2.05) is 20.8 Å². The Kier molecular flexibility index (Phi) is 7.91. The molecule has 0 fully saturated rings. The highest BCUT2D eigenvalue weighted by Crippen LogP contribution is 1.97. The Bertz CT molecular complexity index is 203. The lowest BCUT2D eigenvalue weighted by Gasteiger charge is -2.06. The molecule has 0 bridgehead atoms. The van der Waals surface area contributed by atoms with Crippen molar-refractivity contribution < 1.29 is 9.59 Å². The van der Waals surface area contributed by atoms with E-state index in [-0.39, 0.29) is 17.6 Å². The molecule has 1 amide bonds. The molecule has 0 aliphatic carbocycles. The third-order valence-electron chi connectivity index (χ3n) is 2.12. The molecule has 15 heavy (non-hydrogen) atoms. The first-order valence-electron chi connectivity index (χ1n) is 5.58. The van der Waals surface area contributed by atoms with Crippen molar-refractivity contribution in [3.63, 3.8) is 0 Å². The second kappa shape index (κ2) is 8.41. The summed E-state index contributed by atoms with van der Waals surface area (Å²) in [5.74, 6) is 0.262. The van der Waals surface area contributed by atoms with E-state index in [1.165, 1.54) is 0 Å². The topological polar surface area (TPSA) is 58.2 Å². The van der Waals surface area contributed by atoms with Crippen LogP contribution in [0.5, 0.6) is 0 Å². The van der Waals surface area contributed by atoms with Gasteiger partial charge in [-0.1, -0.05) is 20.8 Å². The Balaban J connectivity index is 3.42. The minimum absolute atomic E-state index is 0.00695. The number of hydrogen-bond donors (Lipinski definition) is 2. The SMILES string of the molecule is CCNCCC(=O)NCCC(=O)C(C)C. The van der Waals surface area contributed by atoms with E-state index in [4.69, 9.17) is 0 Å². The number of Topliss-reactive ketones (excluding diaryl/α,β-unsaturated/α-hetero) is 1. The molecule has 0 aromatic carbocycles. The largest absolute Gasteiger partial charge is 0.356 e. The van der Waals surface area contributed by atoms with E-state index in [0.29, 0.717) is 25.9 Å². The first kappa shape index (κ1) is 14.1. The molecule has 0 spiro atoms. The summed E-state index contributed by atoms with van der Waals surface area (Å²) in [5, 5.41) is 5.80. The number of amides is 1. The van der Waals surface area contributed by atoms with Crippen molar-refractivity contribution in [1.82, 2.24) is 10.6 Å². The molecule has 2 N–H and O–H groups in total. The molecule has 0 saturated heterocycles. The van der Waals surface area contributed by atoms with Crippen LogP contribution in [0.3, 0.4) is 0 Å². The van der Waals surface area contributed by atoms with Crippen molar-refractivity contribution in [1.29, 1.82) is 0 Å². The second-order valence-corrected chi connectivity index (χ2v) is 3.82. The van der Waals surface area contributed by atoms with Gasteiger partial charge < -0.3 is 10.6 Å². The average molecular weight is 214 g/mol. The smallest absolute Gasteiger partial charge is 0.221 e. The fraction of sp³-hybridized carbons (Fsp3) is 0.818. The monoisotopic (exact) mass is 214 g/mol. The molecule has 0 aliphatic rings. The third kappa shape index (κ3) is 8.12. The molecule has 0 radical (unpaired) electrons. The van der Waals surface area contributed by atoms with Crippen LogP contribution in [0.4, 0.5) is 0 Å². The van der Waals surface area contributed by atoms with Crippen molar-refractivity contribution in [2.75, 3.05) is 19.6 Å². The number of rotatable bonds is 8. The van der Waals surface area contributed by atoms with E-state index in [2.05, 4.69) is 10.6 Å². The summed E-state index contributed by atoms with van der Waals surface area (Å²) in [6.45, 7) is 7.77. The van der Waals surface area contributed by atoms with Crippen LogP contribution in [-0.2, 0) is 9.59 Å². The van der Waals surface area contributed by atoms with Crippen LogP contribution in [-0.4, -0.2) is 31.3 Å². The maximum atomic E-state index is 11.2. The van der Waals surface area contributed by atoms with Gasteiger partial charge in [0.1, 0.15) is 5.78 Å². The number of carbonyl (C=O) groups is 2. The van der Waals surface area contributed by atoms with E-state index >= 15 is 0 Å². The Morgan fingerprint density at radius 3 is 2.33 bits per heavy atom. The number of ketones is 1.